The highest BCUT2D eigenvalue weighted by atomic mass is 35.5. The van der Waals surface area contributed by atoms with Gasteiger partial charge in [-0.2, -0.15) is 0 Å². The van der Waals surface area contributed by atoms with Crippen molar-refractivity contribution in [1.29, 1.82) is 0 Å². The van der Waals surface area contributed by atoms with E-state index < -0.39 is 4.92 Å². The monoisotopic (exact) mass is 640 g/mol. The van der Waals surface area contributed by atoms with E-state index in [0.29, 0.717) is 50.4 Å². The van der Waals surface area contributed by atoms with Gasteiger partial charge in [0.2, 0.25) is 5.91 Å². The minimum Gasteiger partial charge on any atom is -0.324 e. The number of hydrogen-bond acceptors (Lipinski definition) is 6. The Hall–Kier alpha value is -5.19. The zero-order valence-corrected chi connectivity index (χ0v) is 25.2. The maximum absolute atomic E-state index is 14.3. The van der Waals surface area contributed by atoms with Gasteiger partial charge in [0.15, 0.2) is 0 Å². The number of anilines is 1. The predicted octanol–water partition coefficient (Wildman–Crippen LogP) is 7.36. The fourth-order valence-corrected chi connectivity index (χ4v) is 5.61. The third-order valence-electron chi connectivity index (χ3n) is 7.25. The summed E-state index contributed by atoms with van der Waals surface area (Å²) in [6.07, 6.45) is 1.81. The fourth-order valence-electron chi connectivity index (χ4n) is 5.21. The number of fused-ring (bicyclic) bond motifs is 4. The Morgan fingerprint density at radius 1 is 0.867 bits per heavy atom. The van der Waals surface area contributed by atoms with Gasteiger partial charge in [-0.15, -0.1) is 0 Å². The molecule has 0 aliphatic carbocycles. The van der Waals surface area contributed by atoms with Crippen molar-refractivity contribution >= 4 is 51.9 Å². The lowest BCUT2D eigenvalue weighted by Crippen LogP contribution is -2.13. The van der Waals surface area contributed by atoms with Gasteiger partial charge in [-0.3, -0.25) is 29.5 Å². The summed E-state index contributed by atoms with van der Waals surface area (Å²) < 4.78 is 16.3. The zero-order chi connectivity index (χ0) is 31.7. The van der Waals surface area contributed by atoms with Crippen LogP contribution in [0.25, 0.3) is 5.69 Å². The average Bonchev–Trinajstić information content (AvgIpc) is 3.20. The summed E-state index contributed by atoms with van der Waals surface area (Å²) in [6, 6.07) is 23.5. The van der Waals surface area contributed by atoms with E-state index in [2.05, 4.69) is 20.3 Å². The van der Waals surface area contributed by atoms with Crippen LogP contribution < -0.4 is 5.32 Å². The van der Waals surface area contributed by atoms with Crippen molar-refractivity contribution in [2.45, 2.75) is 13.5 Å². The Labute approximate surface area is 266 Å². The number of amides is 1. The number of rotatable bonds is 3. The van der Waals surface area contributed by atoms with Gasteiger partial charge in [-0.05, 0) is 49.4 Å². The molecule has 1 aromatic heterocycles. The van der Waals surface area contributed by atoms with E-state index in [1.165, 1.54) is 24.3 Å². The molecule has 0 saturated carbocycles. The highest BCUT2D eigenvalue weighted by molar-refractivity contribution is 6.36. The smallest absolute Gasteiger partial charge is 0.270 e. The Balaban J connectivity index is 0.000000159. The first-order valence-electron chi connectivity index (χ1n) is 13.7. The highest BCUT2D eigenvalue weighted by Crippen LogP contribution is 2.31. The molecule has 5 aromatic rings. The number of nitro groups is 1. The SMILES string of the molecule is Cc1ncc2n1-c1ccc(Cl)cc1C(c1ccccc1F)=NC2.O=C1CN=C(c2ccccc2Cl)c2cc([N+](=O)[O-])ccc2N1. The first-order valence-corrected chi connectivity index (χ1v) is 14.5. The molecule has 0 atom stereocenters. The van der Waals surface area contributed by atoms with Crippen molar-refractivity contribution in [2.75, 3.05) is 11.9 Å². The Kier molecular flexibility index (Phi) is 8.25. The number of imidazole rings is 1. The number of non-ortho nitro benzene ring substituents is 1. The van der Waals surface area contributed by atoms with Crippen LogP contribution in [0.1, 0.15) is 33.8 Å². The van der Waals surface area contributed by atoms with Crippen molar-refractivity contribution in [3.63, 3.8) is 0 Å². The Bertz CT molecular complexity index is 2060. The molecule has 3 heterocycles. The summed E-state index contributed by atoms with van der Waals surface area (Å²) >= 11 is 12.4. The molecule has 1 N–H and O–H groups in total. The van der Waals surface area contributed by atoms with Crippen LogP contribution in [-0.4, -0.2) is 38.3 Å². The van der Waals surface area contributed by atoms with Crippen LogP contribution in [0.2, 0.25) is 10.0 Å². The molecule has 0 bridgehead atoms. The maximum Gasteiger partial charge on any atom is 0.270 e. The molecule has 1 amide bonds. The number of aliphatic imine (C=N–C) groups is 2. The van der Waals surface area contributed by atoms with Gasteiger partial charge in [0.05, 0.1) is 46.2 Å². The Morgan fingerprint density at radius 2 is 1.58 bits per heavy atom. The summed E-state index contributed by atoms with van der Waals surface area (Å²) in [5.41, 5.74) is 5.76. The van der Waals surface area contributed by atoms with E-state index in [-0.39, 0.29) is 24.0 Å². The second-order valence-corrected chi connectivity index (χ2v) is 11.0. The number of aromatic nitrogens is 2. The van der Waals surface area contributed by atoms with Crippen LogP contribution >= 0.6 is 23.2 Å². The van der Waals surface area contributed by atoms with Crippen LogP contribution in [-0.2, 0) is 11.3 Å². The molecule has 0 spiro atoms. The number of nitrogens with one attached hydrogen (secondary N) is 1. The van der Waals surface area contributed by atoms with Crippen LogP contribution in [0.3, 0.4) is 0 Å². The summed E-state index contributed by atoms with van der Waals surface area (Å²) in [6.45, 7) is 2.32. The average molecular weight is 641 g/mol. The molecular weight excluding hydrogens is 618 g/mol. The molecule has 2 aliphatic heterocycles. The maximum atomic E-state index is 14.3. The van der Waals surface area contributed by atoms with Crippen LogP contribution in [0.4, 0.5) is 15.8 Å². The molecule has 12 heteroatoms. The number of carbonyl (C=O) groups excluding carboxylic acids is 1. The van der Waals surface area contributed by atoms with Gasteiger partial charge in [0.25, 0.3) is 5.69 Å². The van der Waals surface area contributed by atoms with Crippen molar-refractivity contribution in [3.05, 3.63) is 151 Å². The number of hydrogen-bond donors (Lipinski definition) is 1. The lowest BCUT2D eigenvalue weighted by atomic mass is 10.00. The van der Waals surface area contributed by atoms with Gasteiger partial charge < -0.3 is 5.32 Å². The van der Waals surface area contributed by atoms with E-state index in [1.807, 2.05) is 42.0 Å². The summed E-state index contributed by atoms with van der Waals surface area (Å²) in [7, 11) is 0. The first kappa shape index (κ1) is 29.9. The summed E-state index contributed by atoms with van der Waals surface area (Å²) in [4.78, 5) is 35.5. The topological polar surface area (TPSA) is 115 Å². The molecule has 7 rings (SSSR count). The lowest BCUT2D eigenvalue weighted by molar-refractivity contribution is -0.384. The van der Waals surface area contributed by atoms with Crippen molar-refractivity contribution < 1.29 is 14.1 Å². The number of nitro benzene ring substituents is 1. The highest BCUT2D eigenvalue weighted by Gasteiger charge is 2.23. The molecule has 0 fully saturated rings. The largest absolute Gasteiger partial charge is 0.324 e. The van der Waals surface area contributed by atoms with E-state index >= 15 is 0 Å². The Morgan fingerprint density at radius 3 is 2.33 bits per heavy atom. The van der Waals surface area contributed by atoms with E-state index in [1.54, 1.807) is 36.4 Å². The van der Waals surface area contributed by atoms with E-state index in [9.17, 15) is 19.3 Å². The number of halogens is 3. The van der Waals surface area contributed by atoms with Gasteiger partial charge >= 0.3 is 0 Å². The fraction of sp³-hybridized carbons (Fsp3) is 0.0909. The molecule has 0 saturated heterocycles. The van der Waals surface area contributed by atoms with Gasteiger partial charge in [0.1, 0.15) is 18.2 Å². The summed E-state index contributed by atoms with van der Waals surface area (Å²) in [5, 5.41) is 14.7. The molecule has 2 aliphatic rings. The third-order valence-corrected chi connectivity index (χ3v) is 7.81. The van der Waals surface area contributed by atoms with Crippen LogP contribution in [0.15, 0.2) is 101 Å². The van der Waals surface area contributed by atoms with E-state index in [0.717, 1.165) is 22.8 Å². The molecular formula is C33H23Cl2FN6O3. The number of benzodiazepines with no additional fused rings is 1. The lowest BCUT2D eigenvalue weighted by Gasteiger charge is -2.14. The number of nitrogens with zero attached hydrogens (tertiary/aromatic N) is 5. The van der Waals surface area contributed by atoms with Crippen molar-refractivity contribution in [2.24, 2.45) is 9.98 Å². The van der Waals surface area contributed by atoms with Crippen molar-refractivity contribution in [3.8, 4) is 5.69 Å². The van der Waals surface area contributed by atoms with Gasteiger partial charge in [-0.25, -0.2) is 9.37 Å². The number of benzene rings is 4. The van der Waals surface area contributed by atoms with Gasteiger partial charge in [-0.1, -0.05) is 53.5 Å². The zero-order valence-electron chi connectivity index (χ0n) is 23.7. The number of carbonyl (C=O) groups is 1. The third kappa shape index (κ3) is 5.98. The molecule has 9 nitrogen and oxygen atoms in total. The van der Waals surface area contributed by atoms with Crippen LogP contribution in [0.5, 0.6) is 0 Å². The predicted molar refractivity (Wildman–Crippen MR) is 173 cm³/mol. The minimum atomic E-state index is -0.489. The standard InChI is InChI=1S/C18H13ClFN3.C15H10ClN3O3/c1-11-21-9-13-10-22-18(14-4-2-3-5-16(14)20)15-8-12(19)6-7-17(15)23(11)13;16-12-4-2-1-3-10(12)15-11-7-9(19(21)22)5-6-13(11)18-14(20)8-17-15/h2-9H,10H2,1H3;1-7H,8H2,(H,18,20). The minimum absolute atomic E-state index is 0.0664. The van der Waals surface area contributed by atoms with E-state index in [4.69, 9.17) is 23.2 Å². The summed E-state index contributed by atoms with van der Waals surface area (Å²) in [5.74, 6) is 0.296. The van der Waals surface area contributed by atoms with Gasteiger partial charge in [0, 0.05) is 44.4 Å². The molecule has 45 heavy (non-hydrogen) atoms. The molecule has 0 radical (unpaired) electrons. The second-order valence-electron chi connectivity index (χ2n) is 10.1. The first-order chi connectivity index (χ1) is 21.7. The second kappa shape index (κ2) is 12.4. The molecule has 0 unspecified atom stereocenters. The number of aryl methyl sites for hydroxylation is 1. The quantitative estimate of drug-likeness (QED) is 0.164. The van der Waals surface area contributed by atoms with Crippen molar-refractivity contribution in [1.82, 2.24) is 9.55 Å². The van der Waals surface area contributed by atoms with Crippen LogP contribution in [0, 0.1) is 22.9 Å². The molecule has 4 aromatic carbocycles. The normalized spacial score (nSPS) is 13.4. The molecule has 224 valence electrons.